The topological polar surface area (TPSA) is 55.7 Å². The van der Waals surface area contributed by atoms with Crippen LogP contribution >= 0.6 is 0 Å². The lowest BCUT2D eigenvalue weighted by atomic mass is 9.95. The van der Waals surface area contributed by atoms with Crippen molar-refractivity contribution in [1.82, 2.24) is 19.5 Å². The first kappa shape index (κ1) is 9.41. The van der Waals surface area contributed by atoms with E-state index in [4.69, 9.17) is 4.74 Å². The maximum atomic E-state index is 5.91. The molecule has 0 aromatic carbocycles. The maximum Gasteiger partial charge on any atom is 0.158 e. The van der Waals surface area contributed by atoms with Crippen molar-refractivity contribution in [3.05, 3.63) is 24.9 Å². The molecule has 2 fully saturated rings. The van der Waals surface area contributed by atoms with Gasteiger partial charge in [-0.05, 0) is 19.3 Å². The van der Waals surface area contributed by atoms with E-state index in [2.05, 4.69) is 19.5 Å². The molecule has 2 aliphatic heterocycles. The van der Waals surface area contributed by atoms with Crippen LogP contribution in [0, 0.1) is 0 Å². The zero-order chi connectivity index (χ0) is 11.2. The molecule has 2 bridgehead atoms. The fraction of sp³-hybridized carbons (Fsp3) is 0.500. The van der Waals surface area contributed by atoms with Gasteiger partial charge in [-0.3, -0.25) is 0 Å². The lowest BCUT2D eigenvalue weighted by molar-refractivity contribution is 0.0940. The minimum Gasteiger partial charge on any atom is -0.373 e. The second kappa shape index (κ2) is 3.43. The van der Waals surface area contributed by atoms with Crippen LogP contribution in [-0.4, -0.2) is 31.7 Å². The molecule has 0 unspecified atom stereocenters. The van der Waals surface area contributed by atoms with Crippen molar-refractivity contribution in [3.8, 4) is 11.5 Å². The normalized spacial score (nSPS) is 31.2. The fourth-order valence-corrected chi connectivity index (χ4v) is 3.07. The SMILES string of the molecule is c1cn([C@@H]2C[C@@H]3CC[C@H]2O3)c(-c2cnc[nH]2)n1. The summed E-state index contributed by atoms with van der Waals surface area (Å²) < 4.78 is 8.14. The van der Waals surface area contributed by atoms with E-state index in [1.807, 2.05) is 18.6 Å². The van der Waals surface area contributed by atoms with E-state index in [-0.39, 0.29) is 0 Å². The summed E-state index contributed by atoms with van der Waals surface area (Å²) in [6.45, 7) is 0. The molecule has 0 radical (unpaired) electrons. The highest BCUT2D eigenvalue weighted by atomic mass is 16.5. The van der Waals surface area contributed by atoms with Crippen LogP contribution in [0.15, 0.2) is 24.9 Å². The molecule has 0 aliphatic carbocycles. The standard InChI is InChI=1S/C12H14N4O/c1-2-11-10(5-8(1)17-11)16-4-3-14-12(16)9-6-13-7-15-9/h3-4,6-8,10-11H,1-2,5H2,(H,13,15)/t8-,10+,11+/m0/s1. The molecule has 88 valence electrons. The Morgan fingerprint density at radius 1 is 1.41 bits per heavy atom. The van der Waals surface area contributed by atoms with Crippen LogP contribution < -0.4 is 0 Å². The summed E-state index contributed by atoms with van der Waals surface area (Å²) in [5.74, 6) is 0.962. The third kappa shape index (κ3) is 1.35. The van der Waals surface area contributed by atoms with Crippen molar-refractivity contribution in [2.45, 2.75) is 37.5 Å². The van der Waals surface area contributed by atoms with Crippen molar-refractivity contribution in [2.24, 2.45) is 0 Å². The first-order chi connectivity index (χ1) is 8.42. The van der Waals surface area contributed by atoms with Crippen LogP contribution in [0.4, 0.5) is 0 Å². The van der Waals surface area contributed by atoms with E-state index in [9.17, 15) is 0 Å². The molecule has 5 nitrogen and oxygen atoms in total. The van der Waals surface area contributed by atoms with Gasteiger partial charge in [0, 0.05) is 12.4 Å². The number of aromatic amines is 1. The van der Waals surface area contributed by atoms with Gasteiger partial charge in [0.2, 0.25) is 0 Å². The monoisotopic (exact) mass is 230 g/mol. The number of nitrogens with one attached hydrogen (secondary N) is 1. The summed E-state index contributed by atoms with van der Waals surface area (Å²) in [4.78, 5) is 11.6. The molecule has 1 N–H and O–H groups in total. The van der Waals surface area contributed by atoms with Crippen LogP contribution in [-0.2, 0) is 4.74 Å². The van der Waals surface area contributed by atoms with E-state index in [0.29, 0.717) is 18.2 Å². The predicted octanol–water partition coefficient (Wildman–Crippen LogP) is 1.77. The molecular weight excluding hydrogens is 216 g/mol. The average molecular weight is 230 g/mol. The zero-order valence-electron chi connectivity index (χ0n) is 9.41. The highest BCUT2D eigenvalue weighted by Gasteiger charge is 2.42. The third-order valence-corrected chi connectivity index (χ3v) is 3.84. The van der Waals surface area contributed by atoms with E-state index < -0.39 is 0 Å². The maximum absolute atomic E-state index is 5.91. The number of aromatic nitrogens is 4. The highest BCUT2D eigenvalue weighted by molar-refractivity contribution is 5.48. The van der Waals surface area contributed by atoms with Gasteiger partial charge in [-0.25, -0.2) is 9.97 Å². The Kier molecular flexibility index (Phi) is 1.90. The zero-order valence-corrected chi connectivity index (χ0v) is 9.41. The van der Waals surface area contributed by atoms with Crippen LogP contribution in [0.25, 0.3) is 11.5 Å². The van der Waals surface area contributed by atoms with Gasteiger partial charge in [0.1, 0.15) is 5.69 Å². The van der Waals surface area contributed by atoms with Gasteiger partial charge in [-0.2, -0.15) is 0 Å². The van der Waals surface area contributed by atoms with Gasteiger partial charge in [-0.1, -0.05) is 0 Å². The quantitative estimate of drug-likeness (QED) is 0.855. The summed E-state index contributed by atoms with van der Waals surface area (Å²) in [6, 6.07) is 0.439. The summed E-state index contributed by atoms with van der Waals surface area (Å²) >= 11 is 0. The van der Waals surface area contributed by atoms with Crippen molar-refractivity contribution in [3.63, 3.8) is 0 Å². The lowest BCUT2D eigenvalue weighted by Crippen LogP contribution is -2.21. The van der Waals surface area contributed by atoms with Gasteiger partial charge in [0.25, 0.3) is 0 Å². The molecule has 3 atom stereocenters. The molecule has 5 heteroatoms. The Labute approximate surface area is 98.8 Å². The summed E-state index contributed by atoms with van der Waals surface area (Å²) in [7, 11) is 0. The number of H-pyrrole nitrogens is 1. The minimum atomic E-state index is 0.371. The Bertz CT molecular complexity index is 518. The number of rotatable bonds is 2. The number of fused-ring (bicyclic) bond motifs is 2. The second-order valence-electron chi connectivity index (χ2n) is 4.80. The molecule has 0 saturated carbocycles. The molecule has 0 amide bonds. The minimum absolute atomic E-state index is 0.371. The number of ether oxygens (including phenoxy) is 1. The molecule has 2 saturated heterocycles. The molecule has 0 spiro atoms. The first-order valence-electron chi connectivity index (χ1n) is 6.09. The van der Waals surface area contributed by atoms with Gasteiger partial charge < -0.3 is 14.3 Å². The number of hydrogen-bond acceptors (Lipinski definition) is 3. The molecular formula is C12H14N4O. The number of nitrogens with zero attached hydrogens (tertiary/aromatic N) is 3. The molecule has 2 aromatic rings. The van der Waals surface area contributed by atoms with Crippen molar-refractivity contribution in [1.29, 1.82) is 0 Å². The average Bonchev–Trinajstić information content (AvgIpc) is 3.12. The van der Waals surface area contributed by atoms with Crippen LogP contribution in [0.1, 0.15) is 25.3 Å². The van der Waals surface area contributed by atoms with E-state index >= 15 is 0 Å². The smallest absolute Gasteiger partial charge is 0.158 e. The van der Waals surface area contributed by atoms with Crippen molar-refractivity contribution < 1.29 is 4.74 Å². The molecule has 4 rings (SSSR count). The molecule has 17 heavy (non-hydrogen) atoms. The Balaban J connectivity index is 1.73. The summed E-state index contributed by atoms with van der Waals surface area (Å²) in [5, 5.41) is 0. The summed E-state index contributed by atoms with van der Waals surface area (Å²) in [6.07, 6.45) is 11.7. The first-order valence-corrected chi connectivity index (χ1v) is 6.09. The van der Waals surface area contributed by atoms with E-state index in [1.54, 1.807) is 6.33 Å². The van der Waals surface area contributed by atoms with Crippen molar-refractivity contribution in [2.75, 3.05) is 0 Å². The van der Waals surface area contributed by atoms with Crippen LogP contribution in [0.3, 0.4) is 0 Å². The predicted molar refractivity (Wildman–Crippen MR) is 61.4 cm³/mol. The highest BCUT2D eigenvalue weighted by Crippen LogP contribution is 2.42. The third-order valence-electron chi connectivity index (χ3n) is 3.84. The van der Waals surface area contributed by atoms with Crippen LogP contribution in [0.5, 0.6) is 0 Å². The van der Waals surface area contributed by atoms with E-state index in [0.717, 1.165) is 17.9 Å². The Morgan fingerprint density at radius 2 is 2.41 bits per heavy atom. The van der Waals surface area contributed by atoms with Gasteiger partial charge in [0.05, 0.1) is 30.8 Å². The number of hydrogen-bond donors (Lipinski definition) is 1. The second-order valence-corrected chi connectivity index (χ2v) is 4.80. The Hall–Kier alpha value is -1.62. The fourth-order valence-electron chi connectivity index (χ4n) is 3.07. The van der Waals surface area contributed by atoms with Crippen LogP contribution in [0.2, 0.25) is 0 Å². The largest absolute Gasteiger partial charge is 0.373 e. The van der Waals surface area contributed by atoms with E-state index in [1.165, 1.54) is 12.8 Å². The van der Waals surface area contributed by atoms with Gasteiger partial charge in [0.15, 0.2) is 5.82 Å². The van der Waals surface area contributed by atoms with Gasteiger partial charge >= 0.3 is 0 Å². The lowest BCUT2D eigenvalue weighted by Gasteiger charge is -2.21. The molecule has 2 aliphatic rings. The number of imidazole rings is 2. The molecule has 2 aromatic heterocycles. The Morgan fingerprint density at radius 3 is 3.12 bits per heavy atom. The summed E-state index contributed by atoms with van der Waals surface area (Å²) in [5.41, 5.74) is 0.970. The molecule has 4 heterocycles. The van der Waals surface area contributed by atoms with Crippen molar-refractivity contribution >= 4 is 0 Å². The van der Waals surface area contributed by atoms with Gasteiger partial charge in [-0.15, -0.1) is 0 Å².